The summed E-state index contributed by atoms with van der Waals surface area (Å²) >= 11 is 6.03. The minimum absolute atomic E-state index is 0.273. The normalized spacial score (nSPS) is 10.4. The average Bonchev–Trinajstić information content (AvgIpc) is 2.42. The van der Waals surface area contributed by atoms with E-state index in [-0.39, 0.29) is 5.75 Å². The van der Waals surface area contributed by atoms with Crippen LogP contribution in [0.25, 0.3) is 10.8 Å². The molecule has 0 N–H and O–H groups in total. The molecule has 0 unspecified atom stereocenters. The summed E-state index contributed by atoms with van der Waals surface area (Å²) in [5.74, 6) is -0.00468. The van der Waals surface area contributed by atoms with Crippen LogP contribution in [0.5, 0.6) is 17.2 Å². The van der Waals surface area contributed by atoms with Crippen molar-refractivity contribution in [2.75, 3.05) is 7.11 Å². The zero-order valence-corrected chi connectivity index (χ0v) is 13.4. The van der Waals surface area contributed by atoms with Gasteiger partial charge >= 0.3 is 11.9 Å². The Balaban J connectivity index is 2.89. The van der Waals surface area contributed by atoms with Crippen LogP contribution in [0.1, 0.15) is 19.4 Å². The van der Waals surface area contributed by atoms with Crippen LogP contribution in [-0.4, -0.2) is 19.0 Å². The number of carbonyl (C=O) groups excluding carboxylic acids is 2. The molecule has 0 bridgehead atoms. The van der Waals surface area contributed by atoms with Crippen LogP contribution in [0.2, 0.25) is 5.02 Å². The Labute approximate surface area is 132 Å². The summed E-state index contributed by atoms with van der Waals surface area (Å²) < 4.78 is 15.9. The van der Waals surface area contributed by atoms with Gasteiger partial charge < -0.3 is 14.2 Å². The van der Waals surface area contributed by atoms with Crippen molar-refractivity contribution in [3.63, 3.8) is 0 Å². The average molecular weight is 323 g/mol. The first kappa shape index (κ1) is 16.1. The minimum atomic E-state index is -0.478. The molecular weight excluding hydrogens is 308 g/mol. The number of halogens is 1. The van der Waals surface area contributed by atoms with Gasteiger partial charge in [-0.05, 0) is 25.1 Å². The maximum atomic E-state index is 11.4. The fourth-order valence-corrected chi connectivity index (χ4v) is 2.44. The Morgan fingerprint density at radius 2 is 1.55 bits per heavy atom. The van der Waals surface area contributed by atoms with E-state index in [0.717, 1.165) is 0 Å². The number of ether oxygens (including phenoxy) is 3. The number of hydrogen-bond acceptors (Lipinski definition) is 5. The number of hydrogen-bond donors (Lipinski definition) is 0. The van der Waals surface area contributed by atoms with Gasteiger partial charge in [0.05, 0.1) is 7.11 Å². The lowest BCUT2D eigenvalue weighted by atomic mass is 10.0. The molecule has 5 nitrogen and oxygen atoms in total. The van der Waals surface area contributed by atoms with Gasteiger partial charge in [-0.3, -0.25) is 9.59 Å². The van der Waals surface area contributed by atoms with E-state index in [1.54, 1.807) is 25.1 Å². The molecule has 0 aliphatic heterocycles. The van der Waals surface area contributed by atoms with E-state index in [9.17, 15) is 9.59 Å². The van der Waals surface area contributed by atoms with Crippen molar-refractivity contribution in [2.45, 2.75) is 20.8 Å². The Kier molecular flexibility index (Phi) is 4.56. The summed E-state index contributed by atoms with van der Waals surface area (Å²) in [5, 5.41) is 1.61. The number of benzene rings is 2. The molecule has 0 radical (unpaired) electrons. The quantitative estimate of drug-likeness (QED) is 0.637. The second kappa shape index (κ2) is 6.23. The van der Waals surface area contributed by atoms with Gasteiger partial charge in [-0.15, -0.1) is 0 Å². The molecule has 2 aromatic rings. The third-order valence-electron chi connectivity index (χ3n) is 3.05. The zero-order chi connectivity index (χ0) is 16.4. The molecule has 0 aromatic heterocycles. The largest absolute Gasteiger partial charge is 0.492 e. The van der Waals surface area contributed by atoms with Gasteiger partial charge in [0.2, 0.25) is 0 Å². The van der Waals surface area contributed by atoms with Gasteiger partial charge in [-0.25, -0.2) is 0 Å². The third kappa shape index (κ3) is 2.99. The molecule has 0 atom stereocenters. The SMILES string of the molecule is COc1c(C)c(OC(C)=O)c2cc(Cl)ccc2c1OC(C)=O. The Hall–Kier alpha value is -2.27. The van der Waals surface area contributed by atoms with Gasteiger partial charge in [0.15, 0.2) is 11.5 Å². The summed E-state index contributed by atoms with van der Waals surface area (Å²) in [7, 11) is 1.45. The van der Waals surface area contributed by atoms with E-state index in [1.807, 2.05) is 0 Å². The van der Waals surface area contributed by atoms with Crippen molar-refractivity contribution in [3.05, 3.63) is 28.8 Å². The fourth-order valence-electron chi connectivity index (χ4n) is 2.27. The summed E-state index contributed by atoms with van der Waals surface area (Å²) in [4.78, 5) is 22.8. The molecule has 0 aliphatic carbocycles. The molecule has 0 saturated heterocycles. The number of esters is 2. The highest BCUT2D eigenvalue weighted by Gasteiger charge is 2.22. The van der Waals surface area contributed by atoms with Gasteiger partial charge in [0.25, 0.3) is 0 Å². The minimum Gasteiger partial charge on any atom is -0.492 e. The molecule has 0 aliphatic rings. The van der Waals surface area contributed by atoms with Crippen LogP contribution >= 0.6 is 11.6 Å². The molecule has 6 heteroatoms. The molecular formula is C16H15ClO5. The van der Waals surface area contributed by atoms with E-state index in [0.29, 0.717) is 32.9 Å². The van der Waals surface area contributed by atoms with E-state index >= 15 is 0 Å². The van der Waals surface area contributed by atoms with Crippen molar-refractivity contribution in [1.82, 2.24) is 0 Å². The standard InChI is InChI=1S/C16H15ClO5/c1-8-14(21-9(2)18)13-7-11(17)5-6-12(13)16(15(8)20-4)22-10(3)19/h5-7H,1-4H3. The molecule has 0 fully saturated rings. The van der Waals surface area contributed by atoms with Crippen LogP contribution in [-0.2, 0) is 9.59 Å². The van der Waals surface area contributed by atoms with Gasteiger partial charge in [-0.2, -0.15) is 0 Å². The van der Waals surface area contributed by atoms with Crippen LogP contribution in [0, 0.1) is 6.92 Å². The lowest BCUT2D eigenvalue weighted by Gasteiger charge is -2.18. The fraction of sp³-hybridized carbons (Fsp3) is 0.250. The highest BCUT2D eigenvalue weighted by molar-refractivity contribution is 6.31. The van der Waals surface area contributed by atoms with E-state index in [2.05, 4.69) is 0 Å². The first-order chi connectivity index (χ1) is 10.3. The monoisotopic (exact) mass is 322 g/mol. The molecule has 116 valence electrons. The van der Waals surface area contributed by atoms with Crippen LogP contribution in [0.15, 0.2) is 18.2 Å². The number of methoxy groups -OCH3 is 1. The highest BCUT2D eigenvalue weighted by Crippen LogP contribution is 2.46. The molecule has 0 saturated carbocycles. The molecule has 2 aromatic carbocycles. The summed E-state index contributed by atoms with van der Waals surface area (Å²) in [5.41, 5.74) is 0.545. The van der Waals surface area contributed by atoms with E-state index in [1.165, 1.54) is 21.0 Å². The third-order valence-corrected chi connectivity index (χ3v) is 3.29. The molecule has 2 rings (SSSR count). The van der Waals surface area contributed by atoms with E-state index in [4.69, 9.17) is 25.8 Å². The lowest BCUT2D eigenvalue weighted by Crippen LogP contribution is -2.08. The zero-order valence-electron chi connectivity index (χ0n) is 12.7. The van der Waals surface area contributed by atoms with Crippen molar-refractivity contribution in [1.29, 1.82) is 0 Å². The van der Waals surface area contributed by atoms with Crippen LogP contribution in [0.3, 0.4) is 0 Å². The maximum Gasteiger partial charge on any atom is 0.308 e. The molecule has 0 spiro atoms. The van der Waals surface area contributed by atoms with Crippen molar-refractivity contribution in [2.24, 2.45) is 0 Å². The van der Waals surface area contributed by atoms with Crippen molar-refractivity contribution in [3.8, 4) is 17.2 Å². The summed E-state index contributed by atoms with van der Waals surface area (Å²) in [6.07, 6.45) is 0. The summed E-state index contributed by atoms with van der Waals surface area (Å²) in [6.45, 7) is 4.32. The van der Waals surface area contributed by atoms with Gasteiger partial charge in [-0.1, -0.05) is 11.6 Å². The Bertz CT molecular complexity index is 767. The molecule has 22 heavy (non-hydrogen) atoms. The van der Waals surface area contributed by atoms with Gasteiger partial charge in [0.1, 0.15) is 5.75 Å². The number of fused-ring (bicyclic) bond motifs is 1. The van der Waals surface area contributed by atoms with Gasteiger partial charge in [0, 0.05) is 35.2 Å². The van der Waals surface area contributed by atoms with E-state index < -0.39 is 11.9 Å². The highest BCUT2D eigenvalue weighted by atomic mass is 35.5. The first-order valence-electron chi connectivity index (χ1n) is 6.51. The first-order valence-corrected chi connectivity index (χ1v) is 6.89. The Morgan fingerprint density at radius 1 is 0.955 bits per heavy atom. The number of rotatable bonds is 3. The Morgan fingerprint density at radius 3 is 2.09 bits per heavy atom. The second-order valence-corrected chi connectivity index (χ2v) is 5.13. The smallest absolute Gasteiger partial charge is 0.308 e. The maximum absolute atomic E-state index is 11.4. The molecule has 0 heterocycles. The van der Waals surface area contributed by atoms with Crippen molar-refractivity contribution >= 4 is 34.3 Å². The predicted octanol–water partition coefficient (Wildman–Crippen LogP) is 3.66. The predicted molar refractivity (Wildman–Crippen MR) is 82.9 cm³/mol. The van der Waals surface area contributed by atoms with Crippen LogP contribution in [0.4, 0.5) is 0 Å². The van der Waals surface area contributed by atoms with Crippen molar-refractivity contribution < 1.29 is 23.8 Å². The summed E-state index contributed by atoms with van der Waals surface area (Å²) in [6, 6.07) is 4.99. The molecule has 0 amide bonds. The lowest BCUT2D eigenvalue weighted by molar-refractivity contribution is -0.133. The number of carbonyl (C=O) groups is 2. The van der Waals surface area contributed by atoms with Crippen LogP contribution < -0.4 is 14.2 Å². The topological polar surface area (TPSA) is 61.8 Å². The second-order valence-electron chi connectivity index (χ2n) is 4.69.